The highest BCUT2D eigenvalue weighted by atomic mass is 35.6. The number of aliphatic imine (C=N–C) groups is 1. The maximum absolute atomic E-state index is 11.5. The number of ether oxygens (including phenoxy) is 2. The summed E-state index contributed by atoms with van der Waals surface area (Å²) in [5.41, 5.74) is 0. The fourth-order valence-electron chi connectivity index (χ4n) is 0.889. The lowest BCUT2D eigenvalue weighted by molar-refractivity contribution is -0.141. The third kappa shape index (κ3) is 6.15. The first-order valence-electron chi connectivity index (χ1n) is 4.95. The molecule has 0 saturated carbocycles. The zero-order valence-corrected chi connectivity index (χ0v) is 12.1. The highest BCUT2D eigenvalue weighted by molar-refractivity contribution is 6.76. The number of nitrogens with zero attached hydrogens (tertiary/aromatic N) is 1. The molecule has 0 fully saturated rings. The summed E-state index contributed by atoms with van der Waals surface area (Å²) < 4.78 is 8.13. The number of rotatable bonds is 4. The molecule has 17 heavy (non-hydrogen) atoms. The quantitative estimate of drug-likeness (QED) is 0.200. The van der Waals surface area contributed by atoms with Crippen LogP contribution in [-0.2, 0) is 14.3 Å². The van der Waals surface area contributed by atoms with Crippen LogP contribution >= 0.6 is 34.8 Å². The first-order valence-corrected chi connectivity index (χ1v) is 6.09. The predicted molar refractivity (Wildman–Crippen MR) is 69.7 cm³/mol. The van der Waals surface area contributed by atoms with Crippen molar-refractivity contribution in [1.82, 2.24) is 0 Å². The fraction of sp³-hybridized carbons (Fsp3) is 0.600. The Balaban J connectivity index is 4.90. The lowest BCUT2D eigenvalue weighted by Gasteiger charge is -2.16. The van der Waals surface area contributed by atoms with Crippen LogP contribution in [0, 0.1) is 0 Å². The smallest absolute Gasteiger partial charge is 0.373 e. The Morgan fingerprint density at radius 3 is 2.29 bits per heavy atom. The van der Waals surface area contributed by atoms with E-state index in [9.17, 15) is 4.79 Å². The van der Waals surface area contributed by atoms with Crippen LogP contribution in [0.3, 0.4) is 0 Å². The molecule has 0 bridgehead atoms. The van der Waals surface area contributed by atoms with E-state index in [-0.39, 0.29) is 18.3 Å². The van der Waals surface area contributed by atoms with Crippen molar-refractivity contribution in [2.75, 3.05) is 13.7 Å². The predicted octanol–water partition coefficient (Wildman–Crippen LogP) is 3.26. The molecular weight excluding hydrogens is 288 g/mol. The molecule has 4 nitrogen and oxygen atoms in total. The molecule has 0 aromatic heterocycles. The van der Waals surface area contributed by atoms with E-state index in [2.05, 4.69) is 4.99 Å². The van der Waals surface area contributed by atoms with Gasteiger partial charge >= 0.3 is 5.97 Å². The van der Waals surface area contributed by atoms with Crippen LogP contribution in [0.1, 0.15) is 20.3 Å². The Morgan fingerprint density at radius 2 is 1.94 bits per heavy atom. The van der Waals surface area contributed by atoms with Gasteiger partial charge in [0.1, 0.15) is 0 Å². The lowest BCUT2D eigenvalue weighted by Crippen LogP contribution is -2.25. The minimum atomic E-state index is -1.83. The van der Waals surface area contributed by atoms with Gasteiger partial charge in [0.05, 0.1) is 6.61 Å². The largest absolute Gasteiger partial charge is 0.460 e. The van der Waals surface area contributed by atoms with Crippen molar-refractivity contribution in [3.05, 3.63) is 11.8 Å². The Bertz CT molecular complexity index is 321. The molecule has 0 aliphatic carbocycles. The lowest BCUT2D eigenvalue weighted by atomic mass is 10.4. The van der Waals surface area contributed by atoms with Gasteiger partial charge in [-0.3, -0.25) is 4.99 Å². The maximum atomic E-state index is 11.5. The van der Waals surface area contributed by atoms with Gasteiger partial charge in [0.25, 0.3) is 3.79 Å². The van der Waals surface area contributed by atoms with Gasteiger partial charge in [-0.2, -0.15) is 0 Å². The van der Waals surface area contributed by atoms with Crippen LogP contribution in [-0.4, -0.2) is 29.3 Å². The zero-order chi connectivity index (χ0) is 13.5. The summed E-state index contributed by atoms with van der Waals surface area (Å²) >= 11 is 16.9. The summed E-state index contributed by atoms with van der Waals surface area (Å²) in [5.74, 6) is -0.846. The molecule has 0 radical (unpaired) electrons. The summed E-state index contributed by atoms with van der Waals surface area (Å²) in [6, 6.07) is 0. The van der Waals surface area contributed by atoms with Gasteiger partial charge in [0, 0.05) is 7.05 Å². The molecular formula is C10H14Cl3NO3. The second kappa shape index (κ2) is 7.80. The molecule has 0 heterocycles. The molecule has 0 spiro atoms. The van der Waals surface area contributed by atoms with Gasteiger partial charge < -0.3 is 9.47 Å². The molecule has 0 aromatic rings. The SMILES string of the molecule is CC/C=C(/OC(=NC)C(Cl)(Cl)Cl)C(=O)OCC. The highest BCUT2D eigenvalue weighted by Gasteiger charge is 2.32. The topological polar surface area (TPSA) is 47.9 Å². The number of allylic oxidation sites excluding steroid dienone is 1. The number of hydrogen-bond acceptors (Lipinski definition) is 4. The van der Waals surface area contributed by atoms with Crippen LogP contribution in [0.2, 0.25) is 0 Å². The molecule has 7 heteroatoms. The van der Waals surface area contributed by atoms with Crippen molar-refractivity contribution >= 4 is 46.7 Å². The molecule has 0 rings (SSSR count). The first-order chi connectivity index (χ1) is 7.86. The molecule has 98 valence electrons. The van der Waals surface area contributed by atoms with Gasteiger partial charge in [-0.15, -0.1) is 0 Å². The minimum absolute atomic E-state index is 0.0405. The molecule has 0 amide bonds. The molecule has 0 N–H and O–H groups in total. The Labute approximate surface area is 116 Å². The average molecular weight is 303 g/mol. The number of esters is 1. The van der Waals surface area contributed by atoms with E-state index in [0.717, 1.165) is 0 Å². The first kappa shape index (κ1) is 16.6. The maximum Gasteiger partial charge on any atom is 0.373 e. The van der Waals surface area contributed by atoms with E-state index in [1.807, 2.05) is 6.92 Å². The molecule has 0 atom stereocenters. The van der Waals surface area contributed by atoms with Gasteiger partial charge in [0.2, 0.25) is 11.7 Å². The summed E-state index contributed by atoms with van der Waals surface area (Å²) in [5, 5.41) is 0. The second-order valence-corrected chi connectivity index (χ2v) is 5.11. The third-order valence-corrected chi connectivity index (χ3v) is 2.00. The Morgan fingerprint density at radius 1 is 1.35 bits per heavy atom. The van der Waals surface area contributed by atoms with Crippen molar-refractivity contribution in [2.24, 2.45) is 4.99 Å². The summed E-state index contributed by atoms with van der Waals surface area (Å²) in [6.07, 6.45) is 2.10. The number of halogens is 3. The van der Waals surface area contributed by atoms with Crippen molar-refractivity contribution in [3.63, 3.8) is 0 Å². The van der Waals surface area contributed by atoms with Crippen LogP contribution in [0.25, 0.3) is 0 Å². The molecule has 0 aromatic carbocycles. The molecule has 0 unspecified atom stereocenters. The molecule has 0 aliphatic heterocycles. The van der Waals surface area contributed by atoms with E-state index in [1.54, 1.807) is 6.92 Å². The van der Waals surface area contributed by atoms with Gasteiger partial charge in [-0.1, -0.05) is 41.7 Å². The zero-order valence-electron chi connectivity index (χ0n) is 9.80. The van der Waals surface area contributed by atoms with Gasteiger partial charge in [-0.25, -0.2) is 4.79 Å². The van der Waals surface area contributed by atoms with Gasteiger partial charge in [0.15, 0.2) is 0 Å². The van der Waals surface area contributed by atoms with Crippen LogP contribution in [0.4, 0.5) is 0 Å². The van der Waals surface area contributed by atoms with E-state index < -0.39 is 9.76 Å². The Hall–Kier alpha value is -0.450. The summed E-state index contributed by atoms with van der Waals surface area (Å²) in [7, 11) is 1.39. The normalized spacial score (nSPS) is 13.5. The van der Waals surface area contributed by atoms with Crippen molar-refractivity contribution < 1.29 is 14.3 Å². The van der Waals surface area contributed by atoms with E-state index in [4.69, 9.17) is 44.3 Å². The highest BCUT2D eigenvalue weighted by Crippen LogP contribution is 2.29. The molecule has 0 saturated heterocycles. The number of hydrogen-bond donors (Lipinski definition) is 0. The van der Waals surface area contributed by atoms with Crippen LogP contribution in [0.5, 0.6) is 0 Å². The van der Waals surface area contributed by atoms with Crippen molar-refractivity contribution in [1.29, 1.82) is 0 Å². The van der Waals surface area contributed by atoms with E-state index in [1.165, 1.54) is 13.1 Å². The van der Waals surface area contributed by atoms with Gasteiger partial charge in [-0.05, 0) is 19.4 Å². The standard InChI is InChI=1S/C10H14Cl3NO3/c1-4-6-7(8(15)16-5-2)17-9(14-3)10(11,12)13/h6H,4-5H2,1-3H3/b7-6+,14-9?. The van der Waals surface area contributed by atoms with Crippen LogP contribution in [0.15, 0.2) is 16.8 Å². The van der Waals surface area contributed by atoms with Crippen LogP contribution < -0.4 is 0 Å². The van der Waals surface area contributed by atoms with E-state index >= 15 is 0 Å². The second-order valence-electron chi connectivity index (χ2n) is 2.83. The minimum Gasteiger partial charge on any atom is -0.460 e. The average Bonchev–Trinajstić information content (AvgIpc) is 2.22. The summed E-state index contributed by atoms with van der Waals surface area (Å²) in [6.45, 7) is 3.75. The Kier molecular flexibility index (Phi) is 7.59. The fourth-order valence-corrected chi connectivity index (χ4v) is 1.26. The van der Waals surface area contributed by atoms with Crippen molar-refractivity contribution in [2.45, 2.75) is 24.1 Å². The summed E-state index contributed by atoms with van der Waals surface area (Å²) in [4.78, 5) is 15.2. The van der Waals surface area contributed by atoms with Crippen molar-refractivity contribution in [3.8, 4) is 0 Å². The molecule has 0 aliphatic rings. The number of carbonyl (C=O) groups excluding carboxylic acids is 1. The van der Waals surface area contributed by atoms with E-state index in [0.29, 0.717) is 6.42 Å². The third-order valence-electron chi connectivity index (χ3n) is 1.52. The monoisotopic (exact) mass is 301 g/mol. The number of carbonyl (C=O) groups is 1. The number of alkyl halides is 3.